The first-order valence-corrected chi connectivity index (χ1v) is 3.73. The molecule has 0 spiro atoms. The molecule has 0 radical (unpaired) electrons. The quantitative estimate of drug-likeness (QED) is 0.448. The lowest BCUT2D eigenvalue weighted by Gasteiger charge is -2.12. The van der Waals surface area contributed by atoms with E-state index in [0.29, 0.717) is 12.6 Å². The van der Waals surface area contributed by atoms with Crippen LogP contribution in [-0.4, -0.2) is 12.6 Å². The Kier molecular flexibility index (Phi) is 6.46. The molecule has 0 atom stereocenters. The molecule has 0 aliphatic heterocycles. The molecule has 0 amide bonds. The largest absolute Gasteiger partial charge is 0.303 e. The van der Waals surface area contributed by atoms with Crippen molar-refractivity contribution in [2.45, 2.75) is 18.9 Å². The lowest BCUT2D eigenvalue weighted by Crippen LogP contribution is -2.28. The summed E-state index contributed by atoms with van der Waals surface area (Å²) in [6.45, 7) is 7.95. The molecule has 0 unspecified atom stereocenters. The Bertz CT molecular complexity index is 143. The highest BCUT2D eigenvalue weighted by Crippen LogP contribution is 1.98. The molecule has 0 fully saturated rings. The van der Waals surface area contributed by atoms with Gasteiger partial charge in [0.1, 0.15) is 0 Å². The van der Waals surface area contributed by atoms with Crippen LogP contribution >= 0.6 is 0 Å². The normalized spacial score (nSPS) is 9.09. The van der Waals surface area contributed by atoms with Crippen molar-refractivity contribution >= 4 is 0 Å². The van der Waals surface area contributed by atoms with Crippen LogP contribution in [-0.2, 0) is 0 Å². The standard InChI is InChI=1S/C10H15N/c1-4-7-10(8-5-2)11-9-6-3/h3-5,10-11H,1-2,7-9H2. The third-order valence-corrected chi connectivity index (χ3v) is 1.40. The van der Waals surface area contributed by atoms with Gasteiger partial charge < -0.3 is 5.32 Å². The van der Waals surface area contributed by atoms with E-state index in [1.54, 1.807) is 0 Å². The van der Waals surface area contributed by atoms with Crippen LogP contribution in [0.3, 0.4) is 0 Å². The second-order valence-electron chi connectivity index (χ2n) is 2.33. The van der Waals surface area contributed by atoms with Crippen LogP contribution in [0.15, 0.2) is 25.3 Å². The molecule has 11 heavy (non-hydrogen) atoms. The maximum atomic E-state index is 5.10. The van der Waals surface area contributed by atoms with E-state index in [-0.39, 0.29) is 0 Å². The molecule has 0 aliphatic rings. The molecule has 0 aromatic rings. The molecule has 1 heteroatoms. The number of rotatable bonds is 6. The fraction of sp³-hybridized carbons (Fsp3) is 0.400. The van der Waals surface area contributed by atoms with E-state index in [1.165, 1.54) is 0 Å². The zero-order chi connectivity index (χ0) is 8.53. The zero-order valence-corrected chi connectivity index (χ0v) is 6.84. The SMILES string of the molecule is C#CCNC(CC=C)CC=C. The summed E-state index contributed by atoms with van der Waals surface area (Å²) >= 11 is 0. The average Bonchev–Trinajstić information content (AvgIpc) is 2.01. The van der Waals surface area contributed by atoms with Gasteiger partial charge in [-0.1, -0.05) is 18.1 Å². The number of nitrogens with one attached hydrogen (secondary N) is 1. The molecule has 0 aromatic heterocycles. The smallest absolute Gasteiger partial charge is 0.0576 e. The van der Waals surface area contributed by atoms with E-state index in [1.807, 2.05) is 12.2 Å². The first kappa shape index (κ1) is 10.0. The highest BCUT2D eigenvalue weighted by atomic mass is 14.9. The van der Waals surface area contributed by atoms with Crippen LogP contribution < -0.4 is 5.32 Å². The third kappa shape index (κ3) is 5.44. The molecule has 0 rings (SSSR count). The summed E-state index contributed by atoms with van der Waals surface area (Å²) in [7, 11) is 0. The fourth-order valence-electron chi connectivity index (χ4n) is 0.869. The van der Waals surface area contributed by atoms with Crippen LogP contribution in [0, 0.1) is 12.3 Å². The van der Waals surface area contributed by atoms with Crippen LogP contribution in [0.25, 0.3) is 0 Å². The van der Waals surface area contributed by atoms with Gasteiger partial charge in [0, 0.05) is 6.04 Å². The Morgan fingerprint density at radius 1 is 1.36 bits per heavy atom. The molecule has 60 valence electrons. The van der Waals surface area contributed by atoms with E-state index in [9.17, 15) is 0 Å². The molecule has 1 N–H and O–H groups in total. The molecule has 0 bridgehead atoms. The van der Waals surface area contributed by atoms with Gasteiger partial charge in [-0.15, -0.1) is 19.6 Å². The molecule has 0 aliphatic carbocycles. The molecule has 0 heterocycles. The molecular weight excluding hydrogens is 134 g/mol. The van der Waals surface area contributed by atoms with Crippen LogP contribution in [0.5, 0.6) is 0 Å². The van der Waals surface area contributed by atoms with Crippen molar-refractivity contribution in [3.8, 4) is 12.3 Å². The van der Waals surface area contributed by atoms with E-state index >= 15 is 0 Å². The molecule has 0 saturated carbocycles. The maximum Gasteiger partial charge on any atom is 0.0576 e. The Labute approximate surface area is 69.2 Å². The summed E-state index contributed by atoms with van der Waals surface area (Å²) in [4.78, 5) is 0. The summed E-state index contributed by atoms with van der Waals surface area (Å²) in [6.07, 6.45) is 10.8. The highest BCUT2D eigenvalue weighted by molar-refractivity contribution is 4.91. The van der Waals surface area contributed by atoms with Gasteiger partial charge in [0.25, 0.3) is 0 Å². The van der Waals surface area contributed by atoms with Gasteiger partial charge in [-0.05, 0) is 12.8 Å². The van der Waals surface area contributed by atoms with Gasteiger partial charge in [-0.3, -0.25) is 0 Å². The highest BCUT2D eigenvalue weighted by Gasteiger charge is 2.00. The Morgan fingerprint density at radius 2 is 1.91 bits per heavy atom. The summed E-state index contributed by atoms with van der Waals surface area (Å²) in [5.41, 5.74) is 0. The summed E-state index contributed by atoms with van der Waals surface area (Å²) < 4.78 is 0. The van der Waals surface area contributed by atoms with Crippen molar-refractivity contribution in [3.63, 3.8) is 0 Å². The number of hydrogen-bond acceptors (Lipinski definition) is 1. The monoisotopic (exact) mass is 149 g/mol. The van der Waals surface area contributed by atoms with Gasteiger partial charge in [0.05, 0.1) is 6.54 Å². The van der Waals surface area contributed by atoms with Gasteiger partial charge in [0.2, 0.25) is 0 Å². The van der Waals surface area contributed by atoms with E-state index in [0.717, 1.165) is 12.8 Å². The first-order valence-electron chi connectivity index (χ1n) is 3.73. The Morgan fingerprint density at radius 3 is 2.27 bits per heavy atom. The zero-order valence-electron chi connectivity index (χ0n) is 6.84. The molecular formula is C10H15N. The Hall–Kier alpha value is -1.00. The molecule has 0 aromatic carbocycles. The second-order valence-corrected chi connectivity index (χ2v) is 2.33. The lowest BCUT2D eigenvalue weighted by atomic mass is 10.1. The summed E-state index contributed by atoms with van der Waals surface area (Å²) in [5.74, 6) is 2.54. The predicted molar refractivity (Wildman–Crippen MR) is 50.3 cm³/mol. The van der Waals surface area contributed by atoms with Gasteiger partial charge in [0.15, 0.2) is 0 Å². The van der Waals surface area contributed by atoms with E-state index < -0.39 is 0 Å². The predicted octanol–water partition coefficient (Wildman–Crippen LogP) is 1.73. The van der Waals surface area contributed by atoms with E-state index in [4.69, 9.17) is 6.42 Å². The Balaban J connectivity index is 3.60. The van der Waals surface area contributed by atoms with Crippen molar-refractivity contribution in [1.82, 2.24) is 5.32 Å². The lowest BCUT2D eigenvalue weighted by molar-refractivity contribution is 0.556. The second kappa shape index (κ2) is 7.11. The maximum absolute atomic E-state index is 5.10. The third-order valence-electron chi connectivity index (χ3n) is 1.40. The topological polar surface area (TPSA) is 12.0 Å². The molecule has 1 nitrogen and oxygen atoms in total. The van der Waals surface area contributed by atoms with Gasteiger partial charge in [-0.25, -0.2) is 0 Å². The van der Waals surface area contributed by atoms with Crippen molar-refractivity contribution < 1.29 is 0 Å². The van der Waals surface area contributed by atoms with Gasteiger partial charge >= 0.3 is 0 Å². The number of terminal acetylenes is 1. The molecule has 0 saturated heterocycles. The van der Waals surface area contributed by atoms with Gasteiger partial charge in [-0.2, -0.15) is 0 Å². The minimum absolute atomic E-state index is 0.404. The fourth-order valence-corrected chi connectivity index (χ4v) is 0.869. The average molecular weight is 149 g/mol. The first-order chi connectivity index (χ1) is 5.35. The van der Waals surface area contributed by atoms with Crippen molar-refractivity contribution in [2.75, 3.05) is 6.54 Å². The van der Waals surface area contributed by atoms with Crippen LogP contribution in [0.4, 0.5) is 0 Å². The summed E-state index contributed by atoms with van der Waals surface area (Å²) in [6, 6.07) is 0.404. The van der Waals surface area contributed by atoms with Crippen LogP contribution in [0.1, 0.15) is 12.8 Å². The number of hydrogen-bond donors (Lipinski definition) is 1. The van der Waals surface area contributed by atoms with Crippen molar-refractivity contribution in [2.24, 2.45) is 0 Å². The van der Waals surface area contributed by atoms with Crippen molar-refractivity contribution in [3.05, 3.63) is 25.3 Å². The van der Waals surface area contributed by atoms with Crippen LogP contribution in [0.2, 0.25) is 0 Å². The van der Waals surface area contributed by atoms with Crippen molar-refractivity contribution in [1.29, 1.82) is 0 Å². The minimum Gasteiger partial charge on any atom is -0.303 e. The summed E-state index contributed by atoms with van der Waals surface area (Å²) in [5, 5.41) is 3.19. The van der Waals surface area contributed by atoms with E-state index in [2.05, 4.69) is 24.4 Å². The minimum atomic E-state index is 0.404.